The molecule has 2 atom stereocenters. The van der Waals surface area contributed by atoms with Crippen molar-refractivity contribution in [1.29, 1.82) is 0 Å². The van der Waals surface area contributed by atoms with Crippen molar-refractivity contribution < 1.29 is 9.00 Å². The van der Waals surface area contributed by atoms with Gasteiger partial charge in [-0.15, -0.1) is 0 Å². The first-order valence-electron chi connectivity index (χ1n) is 7.80. The first-order valence-corrected chi connectivity index (χ1v) is 9.12. The van der Waals surface area contributed by atoms with Crippen molar-refractivity contribution in [3.63, 3.8) is 0 Å². The molecule has 0 aliphatic heterocycles. The second-order valence-corrected chi connectivity index (χ2v) is 9.23. The van der Waals surface area contributed by atoms with Gasteiger partial charge in [-0.1, -0.05) is 12.1 Å². The van der Waals surface area contributed by atoms with Gasteiger partial charge in [0.2, 0.25) is 0 Å². The summed E-state index contributed by atoms with van der Waals surface area (Å²) in [4.78, 5) is 12.0. The zero-order valence-corrected chi connectivity index (χ0v) is 14.6. The summed E-state index contributed by atoms with van der Waals surface area (Å²) >= 11 is 0. The number of carbonyl (C=O) groups is 1. The van der Waals surface area contributed by atoms with Crippen LogP contribution in [-0.2, 0) is 16.6 Å². The van der Waals surface area contributed by atoms with E-state index in [4.69, 9.17) is 0 Å². The smallest absolute Gasteiger partial charge is 0.319 e. The number of amides is 2. The molecule has 1 aliphatic rings. The fraction of sp³-hybridized carbons (Fsp3) is 0.588. The van der Waals surface area contributed by atoms with Gasteiger partial charge in [-0.2, -0.15) is 0 Å². The molecule has 2 rings (SSSR count). The Bertz CT molecular complexity index is 562. The molecule has 0 spiro atoms. The van der Waals surface area contributed by atoms with E-state index in [-0.39, 0.29) is 16.8 Å². The molecule has 0 bridgehead atoms. The molecule has 0 heterocycles. The van der Waals surface area contributed by atoms with Crippen molar-refractivity contribution in [2.75, 3.05) is 5.32 Å². The molecule has 2 N–H and O–H groups in total. The molecule has 0 saturated heterocycles. The van der Waals surface area contributed by atoms with E-state index in [0.29, 0.717) is 11.7 Å². The number of benzene rings is 1. The Labute approximate surface area is 135 Å². The minimum atomic E-state index is -0.945. The topological polar surface area (TPSA) is 58.2 Å². The van der Waals surface area contributed by atoms with Gasteiger partial charge in [0.05, 0.1) is 0 Å². The Morgan fingerprint density at radius 2 is 2.05 bits per heavy atom. The molecule has 1 aromatic carbocycles. The van der Waals surface area contributed by atoms with Crippen LogP contribution in [0.2, 0.25) is 0 Å². The minimum Gasteiger partial charge on any atom is -0.335 e. The predicted octanol–water partition coefficient (Wildman–Crippen LogP) is 3.65. The zero-order valence-electron chi connectivity index (χ0n) is 13.8. The van der Waals surface area contributed by atoms with Crippen LogP contribution in [0.15, 0.2) is 24.3 Å². The Hall–Kier alpha value is -1.36. The highest BCUT2D eigenvalue weighted by Crippen LogP contribution is 2.32. The predicted molar refractivity (Wildman–Crippen MR) is 92.4 cm³/mol. The number of hydrogen-bond acceptors (Lipinski definition) is 2. The molecule has 5 heteroatoms. The number of carbonyl (C=O) groups excluding carboxylic acids is 1. The van der Waals surface area contributed by atoms with Crippen LogP contribution in [0.5, 0.6) is 0 Å². The highest BCUT2D eigenvalue weighted by molar-refractivity contribution is 7.85. The van der Waals surface area contributed by atoms with E-state index in [0.717, 1.165) is 11.3 Å². The monoisotopic (exact) mass is 322 g/mol. The lowest BCUT2D eigenvalue weighted by Crippen LogP contribution is -2.37. The average Bonchev–Trinajstić information content (AvgIpc) is 3.21. The third-order valence-electron chi connectivity index (χ3n) is 3.85. The molecule has 4 nitrogen and oxygen atoms in total. The van der Waals surface area contributed by atoms with Crippen molar-refractivity contribution >= 4 is 22.5 Å². The SMILES string of the molecule is C[C@H](NC(=O)Nc1cccc(C[S@](=O)C(C)(C)C)c1)C1CC1. The van der Waals surface area contributed by atoms with Crippen LogP contribution in [-0.4, -0.2) is 21.0 Å². The Morgan fingerprint density at radius 3 is 2.64 bits per heavy atom. The normalized spacial score (nSPS) is 17.6. The van der Waals surface area contributed by atoms with Crippen LogP contribution >= 0.6 is 0 Å². The summed E-state index contributed by atoms with van der Waals surface area (Å²) in [6.07, 6.45) is 2.41. The lowest BCUT2D eigenvalue weighted by Gasteiger charge is -2.18. The largest absolute Gasteiger partial charge is 0.335 e. The van der Waals surface area contributed by atoms with Crippen LogP contribution in [0.25, 0.3) is 0 Å². The van der Waals surface area contributed by atoms with Crippen LogP contribution < -0.4 is 10.6 Å². The summed E-state index contributed by atoms with van der Waals surface area (Å²) in [7, 11) is -0.945. The number of hydrogen-bond donors (Lipinski definition) is 2. The first-order chi connectivity index (χ1) is 10.3. The van der Waals surface area contributed by atoms with Gasteiger partial charge < -0.3 is 10.6 Å². The molecule has 1 aromatic rings. The maximum Gasteiger partial charge on any atom is 0.319 e. The van der Waals surface area contributed by atoms with Gasteiger partial charge in [-0.3, -0.25) is 4.21 Å². The van der Waals surface area contributed by atoms with Gasteiger partial charge in [-0.05, 0) is 64.2 Å². The van der Waals surface area contributed by atoms with Gasteiger partial charge in [0.25, 0.3) is 0 Å². The lowest BCUT2D eigenvalue weighted by atomic mass is 10.2. The summed E-state index contributed by atoms with van der Waals surface area (Å²) in [6, 6.07) is 7.62. The maximum absolute atomic E-state index is 12.2. The average molecular weight is 322 g/mol. The van der Waals surface area contributed by atoms with Gasteiger partial charge in [0, 0.05) is 33.0 Å². The van der Waals surface area contributed by atoms with Crippen molar-refractivity contribution in [3.8, 4) is 0 Å². The fourth-order valence-corrected chi connectivity index (χ4v) is 3.11. The summed E-state index contributed by atoms with van der Waals surface area (Å²) < 4.78 is 12.0. The maximum atomic E-state index is 12.2. The minimum absolute atomic E-state index is 0.173. The Kier molecular flexibility index (Phi) is 5.27. The lowest BCUT2D eigenvalue weighted by molar-refractivity contribution is 0.248. The van der Waals surface area contributed by atoms with Gasteiger partial charge >= 0.3 is 6.03 Å². The van der Waals surface area contributed by atoms with Crippen molar-refractivity contribution in [2.45, 2.75) is 57.1 Å². The van der Waals surface area contributed by atoms with E-state index >= 15 is 0 Å². The standard InChI is InChI=1S/C17H26N2O2S/c1-12(14-8-9-14)18-16(20)19-15-7-5-6-13(10-15)11-22(21)17(2,3)4/h5-7,10,12,14H,8-9,11H2,1-4H3,(H2,18,19,20)/t12-,22-/m0/s1. The highest BCUT2D eigenvalue weighted by atomic mass is 32.2. The van der Waals surface area contributed by atoms with Crippen molar-refractivity contribution in [2.24, 2.45) is 5.92 Å². The second kappa shape index (κ2) is 6.82. The molecular weight excluding hydrogens is 296 g/mol. The summed E-state index contributed by atoms with van der Waals surface area (Å²) in [5.74, 6) is 1.13. The Balaban J connectivity index is 1.93. The third kappa shape index (κ3) is 5.13. The zero-order chi connectivity index (χ0) is 16.3. The van der Waals surface area contributed by atoms with Crippen LogP contribution in [0.1, 0.15) is 46.1 Å². The molecular formula is C17H26N2O2S. The van der Waals surface area contributed by atoms with E-state index in [1.807, 2.05) is 52.0 Å². The summed E-state index contributed by atoms with van der Waals surface area (Å²) in [5.41, 5.74) is 1.71. The van der Waals surface area contributed by atoms with E-state index in [1.54, 1.807) is 0 Å². The van der Waals surface area contributed by atoms with E-state index < -0.39 is 10.8 Å². The van der Waals surface area contributed by atoms with Crippen molar-refractivity contribution in [3.05, 3.63) is 29.8 Å². The van der Waals surface area contributed by atoms with Gasteiger partial charge in [0.15, 0.2) is 0 Å². The quantitative estimate of drug-likeness (QED) is 0.869. The molecule has 0 aromatic heterocycles. The van der Waals surface area contributed by atoms with E-state index in [9.17, 15) is 9.00 Å². The number of urea groups is 1. The molecule has 22 heavy (non-hydrogen) atoms. The summed E-state index contributed by atoms with van der Waals surface area (Å²) in [6.45, 7) is 7.95. The highest BCUT2D eigenvalue weighted by Gasteiger charge is 2.28. The molecule has 1 saturated carbocycles. The first kappa shape index (κ1) is 17.0. The molecule has 2 amide bonds. The molecule has 0 unspecified atom stereocenters. The van der Waals surface area contributed by atoms with Crippen molar-refractivity contribution in [1.82, 2.24) is 5.32 Å². The van der Waals surface area contributed by atoms with Gasteiger partial charge in [-0.25, -0.2) is 4.79 Å². The van der Waals surface area contributed by atoms with E-state index in [2.05, 4.69) is 10.6 Å². The van der Waals surface area contributed by atoms with Crippen LogP contribution in [0.4, 0.5) is 10.5 Å². The molecule has 122 valence electrons. The van der Waals surface area contributed by atoms with Crippen LogP contribution in [0.3, 0.4) is 0 Å². The third-order valence-corrected chi connectivity index (χ3v) is 5.82. The van der Waals surface area contributed by atoms with E-state index in [1.165, 1.54) is 12.8 Å². The molecule has 1 fully saturated rings. The molecule has 0 radical (unpaired) electrons. The second-order valence-electron chi connectivity index (χ2n) is 7.03. The number of rotatable bonds is 5. The number of anilines is 1. The van der Waals surface area contributed by atoms with Gasteiger partial charge in [0.1, 0.15) is 0 Å². The fourth-order valence-electron chi connectivity index (χ4n) is 2.19. The Morgan fingerprint density at radius 1 is 1.36 bits per heavy atom. The summed E-state index contributed by atoms with van der Waals surface area (Å²) in [5, 5.41) is 5.82. The number of nitrogens with one attached hydrogen (secondary N) is 2. The van der Waals surface area contributed by atoms with Crippen LogP contribution in [0, 0.1) is 5.92 Å². The molecule has 1 aliphatic carbocycles.